The Morgan fingerprint density at radius 3 is 2.25 bits per heavy atom. The van der Waals surface area contributed by atoms with Crippen molar-refractivity contribution >= 4 is 40.6 Å². The topological polar surface area (TPSA) is 115 Å². The number of rotatable bonds is 7. The fraction of sp³-hybridized carbons (Fsp3) is 0.130. The van der Waals surface area contributed by atoms with Gasteiger partial charge < -0.3 is 31.2 Å². The first-order valence-corrected chi connectivity index (χ1v) is 10.0. The lowest BCUT2D eigenvalue weighted by Crippen LogP contribution is -2.23. The molecule has 3 aromatic rings. The van der Waals surface area contributed by atoms with Gasteiger partial charge in [0.2, 0.25) is 0 Å². The van der Waals surface area contributed by atoms with Gasteiger partial charge in [0.15, 0.2) is 11.5 Å². The summed E-state index contributed by atoms with van der Waals surface area (Å²) in [4.78, 5) is 25.7. The molecule has 3 amide bonds. The number of urea groups is 1. The van der Waals surface area contributed by atoms with Gasteiger partial charge in [-0.2, -0.15) is 0 Å². The molecule has 0 heterocycles. The van der Waals surface area contributed by atoms with Gasteiger partial charge >= 0.3 is 6.03 Å². The summed E-state index contributed by atoms with van der Waals surface area (Å²) >= 11 is 6.22. The zero-order chi connectivity index (χ0) is 23.1. The smallest absolute Gasteiger partial charge is 0.323 e. The number of ether oxygens (including phenoxy) is 2. The van der Waals surface area contributed by atoms with Gasteiger partial charge in [0, 0.05) is 18.3 Å². The van der Waals surface area contributed by atoms with Crippen LogP contribution >= 0.6 is 11.6 Å². The van der Waals surface area contributed by atoms with Gasteiger partial charge in [-0.15, -0.1) is 0 Å². The normalized spacial score (nSPS) is 10.2. The van der Waals surface area contributed by atoms with Crippen molar-refractivity contribution < 1.29 is 19.1 Å². The number of hydrogen-bond acceptors (Lipinski definition) is 5. The fourth-order valence-electron chi connectivity index (χ4n) is 3.04. The molecule has 0 aliphatic rings. The molecule has 0 spiro atoms. The monoisotopic (exact) mass is 454 g/mol. The predicted octanol–water partition coefficient (Wildman–Crippen LogP) is 4.71. The maximum absolute atomic E-state index is 13.0. The lowest BCUT2D eigenvalue weighted by atomic mass is 10.1. The number of nitrogens with one attached hydrogen (secondary N) is 3. The lowest BCUT2D eigenvalue weighted by molar-refractivity contribution is 0.102. The van der Waals surface area contributed by atoms with E-state index in [1.807, 2.05) is 6.07 Å². The molecule has 3 aromatic carbocycles. The third kappa shape index (κ3) is 5.29. The first kappa shape index (κ1) is 22.9. The Morgan fingerprint density at radius 1 is 0.906 bits per heavy atom. The van der Waals surface area contributed by atoms with Gasteiger partial charge in [0.05, 0.1) is 36.2 Å². The van der Waals surface area contributed by atoms with Gasteiger partial charge in [-0.25, -0.2) is 4.79 Å². The van der Waals surface area contributed by atoms with Crippen LogP contribution in [0, 0.1) is 0 Å². The van der Waals surface area contributed by atoms with E-state index in [0.29, 0.717) is 33.5 Å². The molecule has 32 heavy (non-hydrogen) atoms. The Bertz CT molecular complexity index is 1120. The van der Waals surface area contributed by atoms with Gasteiger partial charge in [-0.05, 0) is 29.8 Å². The molecule has 8 nitrogen and oxygen atoms in total. The number of methoxy groups -OCH3 is 2. The average molecular weight is 455 g/mol. The molecule has 0 saturated heterocycles. The van der Waals surface area contributed by atoms with Crippen molar-refractivity contribution in [2.45, 2.75) is 6.54 Å². The SMILES string of the molecule is COc1cc(NC(=O)Nc2c(Cl)cccc2CN)c(C(=O)Nc2ccccc2)cc1OC. The molecule has 0 fully saturated rings. The van der Waals surface area contributed by atoms with Crippen LogP contribution in [0.5, 0.6) is 11.5 Å². The van der Waals surface area contributed by atoms with Gasteiger partial charge in [0.25, 0.3) is 5.91 Å². The molecule has 166 valence electrons. The Balaban J connectivity index is 1.92. The van der Waals surface area contributed by atoms with Crippen LogP contribution in [0.2, 0.25) is 5.02 Å². The molecule has 0 aliphatic carbocycles. The lowest BCUT2D eigenvalue weighted by Gasteiger charge is -2.17. The molecule has 0 bridgehead atoms. The summed E-state index contributed by atoms with van der Waals surface area (Å²) in [5, 5.41) is 8.52. The second-order valence-corrected chi connectivity index (χ2v) is 7.04. The number of amides is 3. The van der Waals surface area contributed by atoms with Crippen LogP contribution in [0.4, 0.5) is 21.9 Å². The Morgan fingerprint density at radius 2 is 1.59 bits per heavy atom. The van der Waals surface area contributed by atoms with E-state index in [9.17, 15) is 9.59 Å². The highest BCUT2D eigenvalue weighted by Gasteiger charge is 2.20. The van der Waals surface area contributed by atoms with Crippen molar-refractivity contribution in [1.29, 1.82) is 0 Å². The van der Waals surface area contributed by atoms with E-state index < -0.39 is 11.9 Å². The largest absolute Gasteiger partial charge is 0.493 e. The van der Waals surface area contributed by atoms with Crippen LogP contribution in [0.3, 0.4) is 0 Å². The third-order valence-electron chi connectivity index (χ3n) is 4.61. The first-order chi connectivity index (χ1) is 15.5. The van der Waals surface area contributed by atoms with Gasteiger partial charge in [-0.3, -0.25) is 4.79 Å². The Hall–Kier alpha value is -3.75. The molecule has 0 aliphatic heterocycles. The summed E-state index contributed by atoms with van der Waals surface area (Å²) in [6, 6.07) is 16.5. The van der Waals surface area contributed by atoms with Crippen molar-refractivity contribution in [2.75, 3.05) is 30.2 Å². The zero-order valence-corrected chi connectivity index (χ0v) is 18.3. The predicted molar refractivity (Wildman–Crippen MR) is 126 cm³/mol. The number of anilines is 3. The highest BCUT2D eigenvalue weighted by Crippen LogP contribution is 2.34. The zero-order valence-electron chi connectivity index (χ0n) is 17.6. The number of nitrogens with two attached hydrogens (primary N) is 1. The van der Waals surface area contributed by atoms with Crippen molar-refractivity contribution in [3.63, 3.8) is 0 Å². The molecular formula is C23H23ClN4O4. The van der Waals surface area contributed by atoms with Crippen LogP contribution in [0.25, 0.3) is 0 Å². The van der Waals surface area contributed by atoms with Crippen LogP contribution < -0.4 is 31.2 Å². The maximum Gasteiger partial charge on any atom is 0.323 e. The summed E-state index contributed by atoms with van der Waals surface area (Å²) in [5.74, 6) is 0.250. The van der Waals surface area contributed by atoms with E-state index in [1.54, 1.807) is 42.5 Å². The van der Waals surface area contributed by atoms with E-state index >= 15 is 0 Å². The van der Waals surface area contributed by atoms with E-state index in [4.69, 9.17) is 26.8 Å². The van der Waals surface area contributed by atoms with Crippen LogP contribution in [-0.4, -0.2) is 26.2 Å². The molecule has 5 N–H and O–H groups in total. The third-order valence-corrected chi connectivity index (χ3v) is 4.92. The fourth-order valence-corrected chi connectivity index (χ4v) is 3.28. The van der Waals surface area contributed by atoms with Crippen LogP contribution in [0.15, 0.2) is 60.7 Å². The summed E-state index contributed by atoms with van der Waals surface area (Å²) in [6.07, 6.45) is 0. The second kappa shape index (κ2) is 10.5. The molecule has 9 heteroatoms. The number of carbonyl (C=O) groups is 2. The van der Waals surface area contributed by atoms with E-state index in [-0.39, 0.29) is 17.8 Å². The van der Waals surface area contributed by atoms with Crippen molar-refractivity contribution in [3.8, 4) is 11.5 Å². The Kier molecular flexibility index (Phi) is 7.54. The summed E-state index contributed by atoms with van der Waals surface area (Å²) < 4.78 is 10.6. The maximum atomic E-state index is 13.0. The molecule has 0 radical (unpaired) electrons. The van der Waals surface area contributed by atoms with E-state index in [0.717, 1.165) is 0 Å². The van der Waals surface area contributed by atoms with E-state index in [2.05, 4.69) is 16.0 Å². The number of hydrogen-bond donors (Lipinski definition) is 4. The first-order valence-electron chi connectivity index (χ1n) is 9.64. The molecule has 0 unspecified atom stereocenters. The molecule has 0 saturated carbocycles. The van der Waals surface area contributed by atoms with Gasteiger partial charge in [-0.1, -0.05) is 41.9 Å². The standard InChI is InChI=1S/C23H23ClN4O4/c1-31-19-11-16(22(29)26-15-8-4-3-5-9-15)18(12-20(19)32-2)27-23(30)28-21-14(13-25)7-6-10-17(21)24/h3-12H,13,25H2,1-2H3,(H,26,29)(H2,27,28,30). The second-order valence-electron chi connectivity index (χ2n) is 6.63. The summed E-state index contributed by atoms with van der Waals surface area (Å²) in [5.41, 5.74) is 7.80. The van der Waals surface area contributed by atoms with Gasteiger partial charge in [0.1, 0.15) is 0 Å². The number of halogens is 1. The van der Waals surface area contributed by atoms with Crippen LogP contribution in [-0.2, 0) is 6.54 Å². The number of para-hydroxylation sites is 2. The minimum Gasteiger partial charge on any atom is -0.493 e. The summed E-state index contributed by atoms with van der Waals surface area (Å²) in [7, 11) is 2.92. The highest BCUT2D eigenvalue weighted by molar-refractivity contribution is 6.34. The highest BCUT2D eigenvalue weighted by atomic mass is 35.5. The average Bonchev–Trinajstić information content (AvgIpc) is 2.80. The van der Waals surface area contributed by atoms with E-state index in [1.165, 1.54) is 26.4 Å². The van der Waals surface area contributed by atoms with Crippen molar-refractivity contribution in [1.82, 2.24) is 0 Å². The quantitative estimate of drug-likeness (QED) is 0.412. The number of carbonyl (C=O) groups excluding carboxylic acids is 2. The molecule has 0 aromatic heterocycles. The number of benzene rings is 3. The Labute approximate surface area is 190 Å². The minimum absolute atomic E-state index is 0.180. The van der Waals surface area contributed by atoms with Crippen LogP contribution in [0.1, 0.15) is 15.9 Å². The van der Waals surface area contributed by atoms with Crippen molar-refractivity contribution in [2.24, 2.45) is 5.73 Å². The molecular weight excluding hydrogens is 432 g/mol. The molecule has 0 atom stereocenters. The summed E-state index contributed by atoms with van der Waals surface area (Å²) in [6.45, 7) is 0.192. The molecule has 3 rings (SSSR count). The van der Waals surface area contributed by atoms with Crippen molar-refractivity contribution in [3.05, 3.63) is 76.8 Å². The minimum atomic E-state index is -0.603.